The zero-order chi connectivity index (χ0) is 87.9. The quantitative estimate of drug-likeness (QED) is 0.00756. The number of carbonyl (C=O) groups is 16. The predicted molar refractivity (Wildman–Crippen MR) is 441 cm³/mol. The number of hydrogen-bond acceptors (Lipinski definition) is 22. The lowest BCUT2D eigenvalue weighted by Crippen LogP contribution is -2.61. The summed E-state index contributed by atoms with van der Waals surface area (Å²) >= 11 is 8.62. The van der Waals surface area contributed by atoms with E-state index in [4.69, 9.17) is 28.3 Å². The van der Waals surface area contributed by atoms with Gasteiger partial charge < -0.3 is 122 Å². The normalized spacial score (nSPS) is 15.4. The zero-order valence-electron chi connectivity index (χ0n) is 65.9. The Balaban J connectivity index is 1.06. The lowest BCUT2D eigenvalue weighted by molar-refractivity contribution is -0.149. The van der Waals surface area contributed by atoms with Crippen LogP contribution < -0.4 is 86.7 Å². The fraction of sp³-hybridized carbons (Fsp3) is 0.455. The first-order valence-corrected chi connectivity index (χ1v) is 40.0. The number of phenols is 1. The van der Waals surface area contributed by atoms with Crippen molar-refractivity contribution in [2.75, 3.05) is 31.1 Å². The summed E-state index contributed by atoms with van der Waals surface area (Å²) in [6.07, 6.45) is 2.64. The number of thiol groups is 2. The largest absolute Gasteiger partial charge is 0.508 e. The number of carboxylic acids is 2. The van der Waals surface area contributed by atoms with Crippen LogP contribution in [-0.4, -0.2) is 244 Å². The molecule has 43 heteroatoms. The monoisotopic (exact) mass is 1700 g/mol. The number of rotatable bonds is 49. The number of hydrogen-bond donors (Lipinski definition) is 25. The summed E-state index contributed by atoms with van der Waals surface area (Å²) in [6.45, 7) is 2.50. The first kappa shape index (κ1) is 94.4. The number of H-pyrrole nitrogens is 3. The number of benzene rings is 3. The Morgan fingerprint density at radius 2 is 1.00 bits per heavy atom. The third-order valence-electron chi connectivity index (χ3n) is 20.0. The molecule has 27 N–H and O–H groups in total. The van der Waals surface area contributed by atoms with Gasteiger partial charge in [0.2, 0.25) is 82.7 Å². The maximum absolute atomic E-state index is 14.8. The standard InChI is InChI=1S/C77H104N22O19S2/c1-3-39(2)64(74(115)97-58(37-120)73(114)91-52(22-25-63(104)105)68(109)92-53(14-8-26-84-77(81)82)75(116)99-27-9-15-59(99)76(117)118)98-62(103)35-87-66(107)55(29-41-32-85-48-12-6-4-10-45(41)48)94-69(110)51(21-24-61(80)102)89-67(108)50(20-23-60(79)101)90-72(113)57(36-119)96-71(112)56(30-42-33-86-49-13-7-5-11-46(42)49)95-70(111)54(28-40-16-18-44(100)19-17-40)93-65(106)47(78)31-43-34-83-38-88-43/h4-7,10-13,16-19,32-34,38-39,47,50-59,64,85-86,100,119-120H,3,8-9,14-15,20-31,35-37,78H2,1-2H3,(H2,79,101)(H2,80,102)(H,83,88)(H,87,107)(H,89,108)(H,90,113)(H,91,114)(H,92,109)(H,93,106)(H,94,110)(H,95,111)(H,96,112)(H,97,115)(H,98,103)(H,104,105)(H,117,118)(H4,81,82,84)/t39-,47-,50-,51-,52-,53-,54-,55-,56-,57-,58-,59-,64-/m0/s1. The van der Waals surface area contributed by atoms with E-state index in [-0.39, 0.29) is 76.2 Å². The van der Waals surface area contributed by atoms with Gasteiger partial charge in [-0.1, -0.05) is 68.8 Å². The van der Waals surface area contributed by atoms with Gasteiger partial charge in [-0.05, 0) is 91.8 Å². The van der Waals surface area contributed by atoms with Gasteiger partial charge in [0.05, 0.1) is 18.9 Å². The molecule has 0 saturated carbocycles. The first-order valence-electron chi connectivity index (χ1n) is 38.7. The number of nitrogens with two attached hydrogens (primary N) is 4. The van der Waals surface area contributed by atoms with E-state index in [1.165, 1.54) is 36.8 Å². The van der Waals surface area contributed by atoms with Crippen molar-refractivity contribution >= 4 is 148 Å². The van der Waals surface area contributed by atoms with Crippen LogP contribution in [0.5, 0.6) is 5.75 Å². The number of fused-ring (bicyclic) bond motifs is 2. The molecule has 3 aromatic carbocycles. The number of aliphatic carboxylic acids is 2. The Morgan fingerprint density at radius 1 is 0.542 bits per heavy atom. The van der Waals surface area contributed by atoms with Crippen molar-refractivity contribution in [1.82, 2.24) is 88.6 Å². The van der Waals surface area contributed by atoms with Gasteiger partial charge in [-0.2, -0.15) is 25.3 Å². The number of guanidine groups is 1. The average Bonchev–Trinajstić information content (AvgIpc) is 1.66. The van der Waals surface area contributed by atoms with Crippen LogP contribution in [0.25, 0.3) is 21.8 Å². The van der Waals surface area contributed by atoms with Crippen molar-refractivity contribution in [1.29, 1.82) is 5.41 Å². The SMILES string of the molecule is CC[C@H](C)[C@H](NC(=O)CNC(=O)[C@H](Cc1c[nH]c2ccccc12)NC(=O)[C@H](CCC(N)=O)NC(=O)[C@H](CCC(N)=O)NC(=O)[C@H](CS)NC(=O)[C@H](Cc1c[nH]c2ccccc12)NC(=O)[C@H](Cc1ccc(O)cc1)NC(=O)[C@@H](N)Cc1cnc[nH]1)C(=O)N[C@@H](CS)C(=O)N[C@@H](CCC(=O)O)C(=O)N[C@@H](CCCNC(=N)N)C(=O)N1CCC[C@H]1C(=O)O. The summed E-state index contributed by atoms with van der Waals surface area (Å²) in [4.78, 5) is 235. The number of amides is 14. The van der Waals surface area contributed by atoms with Gasteiger partial charge >= 0.3 is 11.9 Å². The molecule has 648 valence electrons. The first-order chi connectivity index (χ1) is 57.2. The van der Waals surface area contributed by atoms with E-state index < -0.39 is 230 Å². The van der Waals surface area contributed by atoms with Gasteiger partial charge in [0, 0.05) is 116 Å². The number of imidazole rings is 1. The number of para-hydroxylation sites is 2. The Bertz CT molecular complexity index is 4640. The lowest BCUT2D eigenvalue weighted by Gasteiger charge is -2.29. The highest BCUT2D eigenvalue weighted by atomic mass is 32.1. The molecular formula is C77H104N22O19S2. The molecule has 13 atom stereocenters. The molecule has 0 aliphatic carbocycles. The summed E-state index contributed by atoms with van der Waals surface area (Å²) in [6, 6.07) is 1.50. The molecular weight excluding hydrogens is 1600 g/mol. The van der Waals surface area contributed by atoms with Gasteiger partial charge in [-0.15, -0.1) is 0 Å². The number of aromatic amines is 3. The molecule has 6 aromatic rings. The Morgan fingerprint density at radius 3 is 1.48 bits per heavy atom. The highest BCUT2D eigenvalue weighted by molar-refractivity contribution is 7.80. The number of phenolic OH excluding ortho intramolecular Hbond substituents is 1. The highest BCUT2D eigenvalue weighted by Crippen LogP contribution is 2.24. The smallest absolute Gasteiger partial charge is 0.326 e. The molecule has 14 amide bonds. The fourth-order valence-corrected chi connectivity index (χ4v) is 13.7. The molecule has 4 heterocycles. The second-order valence-electron chi connectivity index (χ2n) is 28.9. The number of likely N-dealkylation sites (tertiary alicyclic amines) is 1. The van der Waals surface area contributed by atoms with Crippen LogP contribution in [0.2, 0.25) is 0 Å². The molecule has 0 bridgehead atoms. The Kier molecular flexibility index (Phi) is 36.5. The van der Waals surface area contributed by atoms with Crippen molar-refractivity contribution < 1.29 is 92.0 Å². The number of primary amides is 2. The number of carbonyl (C=O) groups excluding carboxylic acids is 14. The molecule has 1 fully saturated rings. The van der Waals surface area contributed by atoms with E-state index in [2.05, 4.69) is 109 Å². The minimum atomic E-state index is -1.77. The molecule has 3 aromatic heterocycles. The zero-order valence-corrected chi connectivity index (χ0v) is 67.6. The second-order valence-corrected chi connectivity index (χ2v) is 29.6. The maximum Gasteiger partial charge on any atom is 0.326 e. The van der Waals surface area contributed by atoms with Crippen LogP contribution in [0.15, 0.2) is 97.7 Å². The third kappa shape index (κ3) is 28.8. The van der Waals surface area contributed by atoms with Gasteiger partial charge in [-0.3, -0.25) is 77.3 Å². The van der Waals surface area contributed by atoms with E-state index in [0.29, 0.717) is 50.6 Å². The van der Waals surface area contributed by atoms with Gasteiger partial charge in [0.1, 0.15) is 72.2 Å². The summed E-state index contributed by atoms with van der Waals surface area (Å²) in [5.41, 5.74) is 26.1. The topological polar surface area (TPSA) is 670 Å². The number of aromatic hydroxyl groups is 1. The van der Waals surface area contributed by atoms with E-state index in [0.717, 1.165) is 4.90 Å². The third-order valence-corrected chi connectivity index (χ3v) is 20.7. The van der Waals surface area contributed by atoms with Gasteiger partial charge in [-0.25, -0.2) is 9.78 Å². The van der Waals surface area contributed by atoms with Crippen molar-refractivity contribution in [3.05, 3.63) is 120 Å². The number of aromatic nitrogens is 4. The summed E-state index contributed by atoms with van der Waals surface area (Å²) in [7, 11) is 0. The summed E-state index contributed by atoms with van der Waals surface area (Å²) in [5, 5.41) is 68.8. The van der Waals surface area contributed by atoms with E-state index in [9.17, 15) is 92.0 Å². The number of carboxylic acid groups (broad SMARTS) is 2. The summed E-state index contributed by atoms with van der Waals surface area (Å²) in [5.74, 6) is -18.4. The maximum atomic E-state index is 14.8. The van der Waals surface area contributed by atoms with E-state index in [1.54, 1.807) is 74.8 Å². The van der Waals surface area contributed by atoms with Crippen molar-refractivity contribution in [3.8, 4) is 5.75 Å². The van der Waals surface area contributed by atoms with Crippen molar-refractivity contribution in [2.24, 2.45) is 28.9 Å². The lowest BCUT2D eigenvalue weighted by atomic mass is 9.98. The fourth-order valence-electron chi connectivity index (χ4n) is 13.2. The molecule has 1 aliphatic heterocycles. The van der Waals surface area contributed by atoms with Gasteiger partial charge in [0.15, 0.2) is 5.96 Å². The molecule has 1 aliphatic rings. The van der Waals surface area contributed by atoms with Crippen LogP contribution in [-0.2, 0) is 102 Å². The highest BCUT2D eigenvalue weighted by Gasteiger charge is 2.41. The minimum absolute atomic E-state index is 0.000635. The minimum Gasteiger partial charge on any atom is -0.508 e. The number of nitrogens with one attached hydrogen (secondary N) is 16. The molecule has 1 saturated heterocycles. The van der Waals surface area contributed by atoms with E-state index >= 15 is 0 Å². The summed E-state index contributed by atoms with van der Waals surface area (Å²) < 4.78 is 0. The molecule has 0 radical (unpaired) electrons. The van der Waals surface area contributed by atoms with Crippen LogP contribution in [0.4, 0.5) is 0 Å². The van der Waals surface area contributed by atoms with E-state index in [1.807, 2.05) is 0 Å². The van der Waals surface area contributed by atoms with Crippen molar-refractivity contribution in [3.63, 3.8) is 0 Å². The van der Waals surface area contributed by atoms with Crippen LogP contribution >= 0.6 is 25.3 Å². The molecule has 7 rings (SSSR count). The number of nitrogens with zero attached hydrogens (tertiary/aromatic N) is 2. The Labute approximate surface area is 698 Å². The molecule has 120 heavy (non-hydrogen) atoms. The molecule has 0 spiro atoms. The van der Waals surface area contributed by atoms with Crippen LogP contribution in [0.3, 0.4) is 0 Å². The second kappa shape index (κ2) is 46.4. The Hall–Kier alpha value is -12.8. The van der Waals surface area contributed by atoms with Crippen LogP contribution in [0.1, 0.15) is 107 Å². The van der Waals surface area contributed by atoms with Crippen molar-refractivity contribution in [2.45, 2.75) is 183 Å². The molecule has 41 nitrogen and oxygen atoms in total. The predicted octanol–water partition coefficient (Wildman–Crippen LogP) is -3.72. The van der Waals surface area contributed by atoms with Gasteiger partial charge in [0.25, 0.3) is 0 Å². The average molecular weight is 1710 g/mol. The van der Waals surface area contributed by atoms with Crippen LogP contribution in [0, 0.1) is 11.3 Å². The molecule has 0 unspecified atom stereocenters.